The molecule has 1 atom stereocenters. The van der Waals surface area contributed by atoms with Gasteiger partial charge in [0.25, 0.3) is 0 Å². The highest BCUT2D eigenvalue weighted by molar-refractivity contribution is 5.85. The van der Waals surface area contributed by atoms with Crippen LogP contribution in [0.4, 0.5) is 0 Å². The maximum absolute atomic E-state index is 11.9. The van der Waals surface area contributed by atoms with Crippen molar-refractivity contribution in [2.24, 2.45) is 11.7 Å². The summed E-state index contributed by atoms with van der Waals surface area (Å²) in [5.74, 6) is 0.386. The van der Waals surface area contributed by atoms with Gasteiger partial charge in [0.05, 0.1) is 26.2 Å². The van der Waals surface area contributed by atoms with Gasteiger partial charge >= 0.3 is 0 Å². The zero-order valence-corrected chi connectivity index (χ0v) is 12.7. The van der Waals surface area contributed by atoms with E-state index in [4.69, 9.17) is 10.5 Å². The van der Waals surface area contributed by atoms with E-state index in [1.54, 1.807) is 7.11 Å². The van der Waals surface area contributed by atoms with Crippen LogP contribution in [0, 0.1) is 5.92 Å². The predicted molar refractivity (Wildman–Crippen MR) is 80.8 cm³/mol. The van der Waals surface area contributed by atoms with E-state index in [-0.39, 0.29) is 36.9 Å². The summed E-state index contributed by atoms with van der Waals surface area (Å²) < 4.78 is 5.12. The van der Waals surface area contributed by atoms with Crippen molar-refractivity contribution in [3.63, 3.8) is 0 Å². The van der Waals surface area contributed by atoms with E-state index in [9.17, 15) is 9.59 Å². The minimum atomic E-state index is -0.351. The van der Waals surface area contributed by atoms with Crippen molar-refractivity contribution in [1.29, 1.82) is 0 Å². The zero-order valence-electron chi connectivity index (χ0n) is 12.7. The standard InChI is InChI=1S/C15H23N3O3/c1-10(2)15(11-4-6-12(21-3)7-5-11)18-14(20)9-17-13(19)8-16/h4-7,10,15H,8-9,16H2,1-3H3,(H,17,19)(H,18,20). The summed E-state index contributed by atoms with van der Waals surface area (Å²) >= 11 is 0. The van der Waals surface area contributed by atoms with Crippen molar-refractivity contribution in [1.82, 2.24) is 10.6 Å². The highest BCUT2D eigenvalue weighted by Gasteiger charge is 2.18. The topological polar surface area (TPSA) is 93.5 Å². The van der Waals surface area contributed by atoms with E-state index in [1.165, 1.54) is 0 Å². The van der Waals surface area contributed by atoms with Crippen LogP contribution < -0.4 is 21.1 Å². The molecule has 0 heterocycles. The lowest BCUT2D eigenvalue weighted by molar-refractivity contribution is -0.126. The first-order chi connectivity index (χ1) is 9.97. The first kappa shape index (κ1) is 17.0. The predicted octanol–water partition coefficient (Wildman–Crippen LogP) is 0.583. The van der Waals surface area contributed by atoms with Gasteiger partial charge in [-0.05, 0) is 23.6 Å². The fourth-order valence-electron chi connectivity index (χ4n) is 1.92. The highest BCUT2D eigenvalue weighted by atomic mass is 16.5. The Hall–Kier alpha value is -2.08. The Balaban J connectivity index is 2.68. The maximum Gasteiger partial charge on any atom is 0.239 e. The van der Waals surface area contributed by atoms with Crippen LogP contribution in [-0.4, -0.2) is 32.0 Å². The molecule has 1 aromatic rings. The van der Waals surface area contributed by atoms with E-state index < -0.39 is 0 Å². The second kappa shape index (κ2) is 8.26. The van der Waals surface area contributed by atoms with Gasteiger partial charge in [0.1, 0.15) is 5.75 Å². The number of carbonyl (C=O) groups is 2. The maximum atomic E-state index is 11.9. The summed E-state index contributed by atoms with van der Waals surface area (Å²) in [5.41, 5.74) is 6.16. The second-order valence-corrected chi connectivity index (χ2v) is 5.04. The van der Waals surface area contributed by atoms with Crippen molar-refractivity contribution >= 4 is 11.8 Å². The van der Waals surface area contributed by atoms with E-state index in [0.717, 1.165) is 11.3 Å². The summed E-state index contributed by atoms with van der Waals surface area (Å²) in [6.07, 6.45) is 0. The molecule has 116 valence electrons. The molecule has 0 saturated heterocycles. The summed E-state index contributed by atoms with van der Waals surface area (Å²) in [6, 6.07) is 7.42. The van der Waals surface area contributed by atoms with Crippen molar-refractivity contribution in [3.05, 3.63) is 29.8 Å². The first-order valence-corrected chi connectivity index (χ1v) is 6.88. The Kier molecular flexibility index (Phi) is 6.68. The van der Waals surface area contributed by atoms with Gasteiger partial charge in [-0.3, -0.25) is 9.59 Å². The smallest absolute Gasteiger partial charge is 0.239 e. The number of nitrogens with two attached hydrogens (primary N) is 1. The molecule has 2 amide bonds. The quantitative estimate of drug-likeness (QED) is 0.685. The molecular weight excluding hydrogens is 270 g/mol. The van der Waals surface area contributed by atoms with E-state index in [0.29, 0.717) is 0 Å². The number of amides is 2. The van der Waals surface area contributed by atoms with Gasteiger partial charge in [-0.2, -0.15) is 0 Å². The SMILES string of the molecule is COc1ccc(C(NC(=O)CNC(=O)CN)C(C)C)cc1. The van der Waals surface area contributed by atoms with Crippen molar-refractivity contribution in [2.75, 3.05) is 20.2 Å². The van der Waals surface area contributed by atoms with Crippen LogP contribution >= 0.6 is 0 Å². The van der Waals surface area contributed by atoms with E-state index >= 15 is 0 Å². The molecule has 1 rings (SSSR count). The minimum absolute atomic E-state index is 0.0740. The molecule has 0 bridgehead atoms. The number of hydrogen-bond donors (Lipinski definition) is 3. The third-order valence-electron chi connectivity index (χ3n) is 3.09. The molecule has 4 N–H and O–H groups in total. The molecule has 0 aliphatic heterocycles. The van der Waals surface area contributed by atoms with Crippen LogP contribution in [-0.2, 0) is 9.59 Å². The molecule has 21 heavy (non-hydrogen) atoms. The largest absolute Gasteiger partial charge is 0.497 e. The lowest BCUT2D eigenvalue weighted by Crippen LogP contribution is -2.41. The number of nitrogens with one attached hydrogen (secondary N) is 2. The number of benzene rings is 1. The molecule has 1 unspecified atom stereocenters. The van der Waals surface area contributed by atoms with E-state index in [1.807, 2.05) is 38.1 Å². The van der Waals surface area contributed by atoms with Gasteiger partial charge in [-0.25, -0.2) is 0 Å². The molecule has 0 radical (unpaired) electrons. The molecule has 0 aromatic heterocycles. The van der Waals surface area contributed by atoms with Gasteiger partial charge < -0.3 is 21.1 Å². The Bertz CT molecular complexity index is 472. The lowest BCUT2D eigenvalue weighted by Gasteiger charge is -2.23. The van der Waals surface area contributed by atoms with Crippen LogP contribution in [0.25, 0.3) is 0 Å². The monoisotopic (exact) mass is 293 g/mol. The molecule has 0 saturated carbocycles. The molecule has 6 heteroatoms. The van der Waals surface area contributed by atoms with Gasteiger partial charge in [0.2, 0.25) is 11.8 Å². The molecule has 1 aromatic carbocycles. The average Bonchev–Trinajstić information content (AvgIpc) is 2.50. The summed E-state index contributed by atoms with van der Waals surface area (Å²) in [7, 11) is 1.61. The number of ether oxygens (including phenoxy) is 1. The number of hydrogen-bond acceptors (Lipinski definition) is 4. The van der Waals surface area contributed by atoms with E-state index in [2.05, 4.69) is 10.6 Å². The average molecular weight is 293 g/mol. The Labute approximate surface area is 125 Å². The van der Waals surface area contributed by atoms with Crippen molar-refractivity contribution < 1.29 is 14.3 Å². The van der Waals surface area contributed by atoms with Crippen LogP contribution in [0.15, 0.2) is 24.3 Å². The number of rotatable bonds is 7. The molecule has 0 fully saturated rings. The Morgan fingerprint density at radius 2 is 1.81 bits per heavy atom. The summed E-state index contributed by atoms with van der Waals surface area (Å²) in [5, 5.41) is 5.36. The van der Waals surface area contributed by atoms with Crippen LogP contribution in [0.2, 0.25) is 0 Å². The Morgan fingerprint density at radius 1 is 1.19 bits per heavy atom. The van der Waals surface area contributed by atoms with Gasteiger partial charge in [0.15, 0.2) is 0 Å². The first-order valence-electron chi connectivity index (χ1n) is 6.88. The molecular formula is C15H23N3O3. The third-order valence-corrected chi connectivity index (χ3v) is 3.09. The summed E-state index contributed by atoms with van der Waals surface area (Å²) in [6.45, 7) is 3.84. The summed E-state index contributed by atoms with van der Waals surface area (Å²) in [4.78, 5) is 22.9. The molecule has 0 aliphatic carbocycles. The molecule has 0 aliphatic rings. The normalized spacial score (nSPS) is 11.9. The molecule has 6 nitrogen and oxygen atoms in total. The molecule has 0 spiro atoms. The van der Waals surface area contributed by atoms with Gasteiger partial charge in [0, 0.05) is 0 Å². The van der Waals surface area contributed by atoms with Crippen LogP contribution in [0.1, 0.15) is 25.5 Å². The van der Waals surface area contributed by atoms with Crippen LogP contribution in [0.3, 0.4) is 0 Å². The highest BCUT2D eigenvalue weighted by Crippen LogP contribution is 2.23. The second-order valence-electron chi connectivity index (χ2n) is 5.04. The minimum Gasteiger partial charge on any atom is -0.497 e. The number of carbonyl (C=O) groups excluding carboxylic acids is 2. The van der Waals surface area contributed by atoms with Gasteiger partial charge in [-0.1, -0.05) is 26.0 Å². The zero-order chi connectivity index (χ0) is 15.8. The Morgan fingerprint density at radius 3 is 2.29 bits per heavy atom. The fraction of sp³-hybridized carbons (Fsp3) is 0.467. The van der Waals surface area contributed by atoms with Crippen LogP contribution in [0.5, 0.6) is 5.75 Å². The van der Waals surface area contributed by atoms with Crippen molar-refractivity contribution in [3.8, 4) is 5.75 Å². The fourth-order valence-corrected chi connectivity index (χ4v) is 1.92. The van der Waals surface area contributed by atoms with Crippen molar-refractivity contribution in [2.45, 2.75) is 19.9 Å². The lowest BCUT2D eigenvalue weighted by atomic mass is 9.96. The number of methoxy groups -OCH3 is 1. The third kappa shape index (κ3) is 5.43. The van der Waals surface area contributed by atoms with Gasteiger partial charge in [-0.15, -0.1) is 0 Å².